The van der Waals surface area contributed by atoms with Crippen molar-refractivity contribution >= 4 is 85.4 Å². The Morgan fingerprint density at radius 1 is 0.556 bits per heavy atom. The van der Waals surface area contributed by atoms with Gasteiger partial charge in [-0.25, -0.2) is 0 Å². The Morgan fingerprint density at radius 3 is 1.79 bits per heavy atom. The molecule has 0 saturated heterocycles. The first-order valence-electron chi connectivity index (χ1n) is 33.9. The van der Waals surface area contributed by atoms with E-state index in [1.807, 2.05) is 6.07 Å². The van der Waals surface area contributed by atoms with Crippen molar-refractivity contribution in [1.82, 2.24) is 4.57 Å². The molecule has 5 heteroatoms. The van der Waals surface area contributed by atoms with Crippen LogP contribution in [0.5, 0.6) is 0 Å². The summed E-state index contributed by atoms with van der Waals surface area (Å²) in [7, 11) is 0. The Hall–Kier alpha value is -7.42. The van der Waals surface area contributed by atoms with Crippen LogP contribution >= 0.6 is 0 Å². The van der Waals surface area contributed by atoms with Crippen molar-refractivity contribution in [2.24, 2.45) is 5.41 Å². The van der Waals surface area contributed by atoms with Crippen molar-refractivity contribution in [2.45, 2.75) is 220 Å². The predicted molar refractivity (Wildman–Crippen MR) is 384 cm³/mol. The molecule has 9 aromatic rings. The summed E-state index contributed by atoms with van der Waals surface area (Å²) >= 11 is 0. The summed E-state index contributed by atoms with van der Waals surface area (Å²) in [6.45, 7) is 50.1. The first-order chi connectivity index (χ1) is 42.1. The number of fused-ring (bicyclic) bond motifs is 14. The van der Waals surface area contributed by atoms with Gasteiger partial charge < -0.3 is 18.8 Å². The Kier molecular flexibility index (Phi) is 12.4. The minimum absolute atomic E-state index is 0.0163. The van der Waals surface area contributed by atoms with Gasteiger partial charge in [-0.15, -0.1) is 0 Å². The molecule has 2 bridgehead atoms. The van der Waals surface area contributed by atoms with Crippen LogP contribution in [0.25, 0.3) is 44.8 Å². The zero-order valence-electron chi connectivity index (χ0n) is 57.6. The standard InChI is InChI=1S/C85H94BN3O/c1-51(77(2,3)4)26-27-53-49-87(69-41-55(79(8,9)10)28-31-58(53)69)57-43-71-74-72(44-57)89(68-33-29-54(78(5,6)7)40-59(68)52-24-22-21-23-25-52)75-60-45-65-66(85(20)39-38-84(65,19)50-85)48-73(60)90-76(75)86(74)67-46-63-64(83(17,18)37-36-82(63,15)16)47-70(67)88(71)56-30-32-61-62(42-56)81(13,14)35-34-80(61,11)12/h21-22,24,26-33,40-49H,1,34-39,50H2,2-20H3/b27-26-. The minimum atomic E-state index is -0.240. The average molecular weight is 1180 g/mol. The third-order valence-electron chi connectivity index (χ3n) is 23.6. The molecule has 7 aromatic carbocycles. The van der Waals surface area contributed by atoms with Crippen molar-refractivity contribution < 1.29 is 4.42 Å². The summed E-state index contributed by atoms with van der Waals surface area (Å²) in [5, 5.41) is 2.40. The van der Waals surface area contributed by atoms with Crippen LogP contribution in [0.4, 0.5) is 34.1 Å². The van der Waals surface area contributed by atoms with Crippen molar-refractivity contribution in [3.63, 3.8) is 0 Å². The molecule has 0 amide bonds. The summed E-state index contributed by atoms with van der Waals surface area (Å²) in [5.41, 5.74) is 29.5. The Bertz CT molecular complexity index is 4590. The van der Waals surface area contributed by atoms with Crippen molar-refractivity contribution in [3.8, 4) is 16.8 Å². The van der Waals surface area contributed by atoms with Crippen LogP contribution in [0.2, 0.25) is 0 Å². The van der Waals surface area contributed by atoms with Gasteiger partial charge in [0.2, 0.25) is 0 Å². The molecule has 1 fully saturated rings. The number of benzene rings is 6. The van der Waals surface area contributed by atoms with E-state index >= 15 is 0 Å². The van der Waals surface area contributed by atoms with E-state index in [1.165, 1.54) is 114 Å². The topological polar surface area (TPSA) is 24.6 Å². The first kappa shape index (κ1) is 58.9. The van der Waals surface area contributed by atoms with Gasteiger partial charge in [-0.1, -0.05) is 199 Å². The number of hydrogen-bond acceptors (Lipinski definition) is 3. The zero-order valence-corrected chi connectivity index (χ0v) is 57.6. The molecule has 0 radical (unpaired) electrons. The fourth-order valence-electron chi connectivity index (χ4n) is 17.4. The molecule has 2 aliphatic heterocycles. The lowest BCUT2D eigenvalue weighted by atomic mass is 9.35. The minimum Gasteiger partial charge on any atom is -0.468 e. The summed E-state index contributed by atoms with van der Waals surface area (Å²) in [6.07, 6.45) is 15.1. The molecule has 4 heterocycles. The number of aromatic nitrogens is 1. The van der Waals surface area contributed by atoms with Gasteiger partial charge in [0, 0.05) is 62.1 Å². The highest BCUT2D eigenvalue weighted by Crippen LogP contribution is 2.62. The normalized spacial score (nSPS) is 21.5. The van der Waals surface area contributed by atoms with Crippen LogP contribution in [0.3, 0.4) is 0 Å². The molecular weight excluding hydrogens is 1090 g/mol. The second-order valence-electron chi connectivity index (χ2n) is 35.0. The highest BCUT2D eigenvalue weighted by molar-refractivity contribution is 7.00. The van der Waals surface area contributed by atoms with E-state index in [0.717, 1.165) is 76.4 Å². The molecule has 2 unspecified atom stereocenters. The maximum absolute atomic E-state index is 7.98. The van der Waals surface area contributed by atoms with Crippen LogP contribution in [-0.4, -0.2) is 11.3 Å². The lowest BCUT2D eigenvalue weighted by molar-refractivity contribution is 0.332. The highest BCUT2D eigenvalue weighted by atomic mass is 16.3. The molecule has 4 aliphatic carbocycles. The average Bonchev–Trinajstić information content (AvgIpc) is 1.30. The maximum Gasteiger partial charge on any atom is 0.297 e. The quantitative estimate of drug-likeness (QED) is 0.123. The van der Waals surface area contributed by atoms with E-state index in [9.17, 15) is 0 Å². The molecule has 6 aliphatic rings. The monoisotopic (exact) mass is 1180 g/mol. The molecule has 2 atom stereocenters. The molecule has 0 spiro atoms. The molecule has 15 rings (SSSR count). The summed E-state index contributed by atoms with van der Waals surface area (Å²) in [6, 6.07) is 51.0. The SMILES string of the molecule is C=C(/C=C\c1cn(-c2cc3c4c(c2)N(c2ccc(C(C)(C)C)cc2-c2c#cccc2)c2c(oc5cc6c(cc25)C2(C)CCC6(C)C2)B4c2cc4c(cc2N3c2ccc3c(c2)C(C)(C)CCC3(C)C)C(C)(C)CCC4(C)C)c2cc(C(C)(C)C)ccc12)C(C)(C)C. The number of hydrogen-bond donors (Lipinski definition) is 0. The number of furan rings is 1. The summed E-state index contributed by atoms with van der Waals surface area (Å²) in [5.74, 6) is 0. The van der Waals surface area contributed by atoms with E-state index in [-0.39, 0.29) is 55.4 Å². The van der Waals surface area contributed by atoms with Crippen LogP contribution in [0.15, 0.2) is 138 Å². The predicted octanol–water partition coefficient (Wildman–Crippen LogP) is 21.3. The van der Waals surface area contributed by atoms with Crippen molar-refractivity contribution in [1.29, 1.82) is 0 Å². The van der Waals surface area contributed by atoms with Crippen molar-refractivity contribution in [2.75, 3.05) is 9.80 Å². The zero-order chi connectivity index (χ0) is 63.7. The molecular formula is C85H94BN3O. The van der Waals surface area contributed by atoms with Gasteiger partial charge in [0.25, 0.3) is 6.71 Å². The van der Waals surface area contributed by atoms with Gasteiger partial charge in [-0.3, -0.25) is 0 Å². The van der Waals surface area contributed by atoms with Crippen molar-refractivity contribution in [3.05, 3.63) is 196 Å². The van der Waals surface area contributed by atoms with Gasteiger partial charge in [0.15, 0.2) is 0 Å². The highest BCUT2D eigenvalue weighted by Gasteiger charge is 2.55. The van der Waals surface area contributed by atoms with Crippen LogP contribution < -0.4 is 26.4 Å². The first-order valence-corrected chi connectivity index (χ1v) is 33.9. The lowest BCUT2D eigenvalue weighted by Gasteiger charge is -2.47. The van der Waals surface area contributed by atoms with E-state index in [0.29, 0.717) is 0 Å². The van der Waals surface area contributed by atoms with Gasteiger partial charge >= 0.3 is 0 Å². The number of anilines is 6. The van der Waals surface area contributed by atoms with E-state index in [2.05, 4.69) is 286 Å². The third-order valence-corrected chi connectivity index (χ3v) is 23.6. The molecule has 90 heavy (non-hydrogen) atoms. The maximum atomic E-state index is 7.98. The summed E-state index contributed by atoms with van der Waals surface area (Å²) in [4.78, 5) is 5.38. The Balaban J connectivity index is 1.13. The molecule has 2 aromatic heterocycles. The number of rotatable bonds is 6. The molecule has 4 nitrogen and oxygen atoms in total. The summed E-state index contributed by atoms with van der Waals surface area (Å²) < 4.78 is 10.5. The molecule has 1 saturated carbocycles. The van der Waals surface area contributed by atoms with Crippen LogP contribution in [0, 0.1) is 17.5 Å². The number of nitrogens with zero attached hydrogens (tertiary/aromatic N) is 3. The van der Waals surface area contributed by atoms with Gasteiger partial charge in [-0.05, 0) is 227 Å². The second kappa shape index (κ2) is 18.9. The third kappa shape index (κ3) is 8.75. The van der Waals surface area contributed by atoms with E-state index in [1.54, 1.807) is 0 Å². The Labute approximate surface area is 539 Å². The van der Waals surface area contributed by atoms with Crippen LogP contribution in [-0.2, 0) is 43.3 Å². The smallest absolute Gasteiger partial charge is 0.297 e. The Morgan fingerprint density at radius 2 is 1.16 bits per heavy atom. The second-order valence-corrected chi connectivity index (χ2v) is 35.0. The fraction of sp³-hybridized carbons (Fsp3) is 0.412. The van der Waals surface area contributed by atoms with Gasteiger partial charge in [-0.2, -0.15) is 0 Å². The molecule has 0 N–H and O–H groups in total. The largest absolute Gasteiger partial charge is 0.468 e. The van der Waals surface area contributed by atoms with E-state index in [4.69, 9.17) is 4.42 Å². The van der Waals surface area contributed by atoms with Crippen LogP contribution in [0.1, 0.15) is 227 Å². The molecule has 458 valence electrons. The van der Waals surface area contributed by atoms with E-state index < -0.39 is 0 Å². The fourth-order valence-corrected chi connectivity index (χ4v) is 17.4. The van der Waals surface area contributed by atoms with Gasteiger partial charge in [0.1, 0.15) is 5.58 Å². The lowest BCUT2D eigenvalue weighted by Crippen LogP contribution is -2.61. The van der Waals surface area contributed by atoms with Gasteiger partial charge in [0.05, 0.1) is 22.6 Å². The number of allylic oxidation sites excluding steroid dienone is 2.